The van der Waals surface area contributed by atoms with Gasteiger partial charge in [-0.25, -0.2) is 0 Å². The smallest absolute Gasteiger partial charge is 0.0486 e. The summed E-state index contributed by atoms with van der Waals surface area (Å²) in [5.74, 6) is 0. The first-order valence-corrected chi connectivity index (χ1v) is 5.17. The molecule has 0 aliphatic carbocycles. The number of H-pyrrole nitrogens is 1. The molecule has 2 heteroatoms. The number of aryl methyl sites for hydroxylation is 1. The zero-order chi connectivity index (χ0) is 9.80. The summed E-state index contributed by atoms with van der Waals surface area (Å²) in [6.45, 7) is 0.792. The van der Waals surface area contributed by atoms with Crippen molar-refractivity contribution in [3.63, 3.8) is 0 Å². The van der Waals surface area contributed by atoms with Gasteiger partial charge in [0.2, 0.25) is 0 Å². The van der Waals surface area contributed by atoms with Gasteiger partial charge in [0.25, 0.3) is 0 Å². The van der Waals surface area contributed by atoms with Crippen LogP contribution in [0.3, 0.4) is 0 Å². The molecule has 0 bridgehead atoms. The van der Waals surface area contributed by atoms with Crippen LogP contribution in [0, 0.1) is 0 Å². The molecule has 0 unspecified atom stereocenters. The van der Waals surface area contributed by atoms with E-state index in [0.717, 1.165) is 19.4 Å². The highest BCUT2D eigenvalue weighted by Gasteiger charge is 2.00. The minimum atomic E-state index is 0.792. The number of aromatic amines is 1. The van der Waals surface area contributed by atoms with Crippen molar-refractivity contribution in [1.29, 1.82) is 0 Å². The first-order valence-electron chi connectivity index (χ1n) is 5.17. The number of para-hydroxylation sites is 1. The van der Waals surface area contributed by atoms with E-state index in [1.54, 1.807) is 0 Å². The molecule has 0 aliphatic rings. The van der Waals surface area contributed by atoms with E-state index in [0.29, 0.717) is 0 Å². The Balaban J connectivity index is 2.19. The number of nitrogens with two attached hydrogens (primary N) is 1. The number of rotatable bonds is 4. The van der Waals surface area contributed by atoms with Crippen molar-refractivity contribution in [2.45, 2.75) is 19.3 Å². The summed E-state index contributed by atoms with van der Waals surface area (Å²) in [7, 11) is 0. The molecule has 0 atom stereocenters. The van der Waals surface area contributed by atoms with Gasteiger partial charge in [0.1, 0.15) is 0 Å². The molecule has 14 heavy (non-hydrogen) atoms. The fourth-order valence-corrected chi connectivity index (χ4v) is 1.82. The molecular formula is C12H16N2. The first kappa shape index (κ1) is 9.28. The standard InChI is InChI=1S/C12H16N2/c13-8-2-1-4-10-5-3-6-11-7-9-14-12(10)11/h3,5-7,9,14H,1-2,4,8,13H2. The van der Waals surface area contributed by atoms with E-state index in [2.05, 4.69) is 29.2 Å². The monoisotopic (exact) mass is 188 g/mol. The van der Waals surface area contributed by atoms with Crippen LogP contribution in [0.15, 0.2) is 30.5 Å². The second-order valence-corrected chi connectivity index (χ2v) is 3.60. The zero-order valence-electron chi connectivity index (χ0n) is 8.29. The van der Waals surface area contributed by atoms with E-state index in [-0.39, 0.29) is 0 Å². The van der Waals surface area contributed by atoms with Crippen LogP contribution in [-0.2, 0) is 6.42 Å². The van der Waals surface area contributed by atoms with Crippen molar-refractivity contribution >= 4 is 10.9 Å². The normalized spacial score (nSPS) is 10.9. The maximum Gasteiger partial charge on any atom is 0.0486 e. The lowest BCUT2D eigenvalue weighted by Crippen LogP contribution is -1.99. The highest BCUT2D eigenvalue weighted by Crippen LogP contribution is 2.18. The Labute approximate surface area is 84.1 Å². The zero-order valence-corrected chi connectivity index (χ0v) is 8.29. The molecular weight excluding hydrogens is 172 g/mol. The lowest BCUT2D eigenvalue weighted by molar-refractivity contribution is 0.747. The Morgan fingerprint density at radius 1 is 1.14 bits per heavy atom. The molecule has 0 spiro atoms. The molecule has 1 heterocycles. The van der Waals surface area contributed by atoms with E-state index in [1.807, 2.05) is 6.20 Å². The Bertz CT molecular complexity index is 403. The van der Waals surface area contributed by atoms with Gasteiger partial charge in [-0.15, -0.1) is 0 Å². The van der Waals surface area contributed by atoms with Crippen LogP contribution >= 0.6 is 0 Å². The van der Waals surface area contributed by atoms with Crippen molar-refractivity contribution in [3.05, 3.63) is 36.0 Å². The topological polar surface area (TPSA) is 41.8 Å². The van der Waals surface area contributed by atoms with Gasteiger partial charge in [-0.3, -0.25) is 0 Å². The molecule has 2 rings (SSSR count). The van der Waals surface area contributed by atoms with Crippen LogP contribution in [0.25, 0.3) is 10.9 Å². The molecule has 3 N–H and O–H groups in total. The molecule has 1 aromatic carbocycles. The number of hydrogen-bond donors (Lipinski definition) is 2. The van der Waals surface area contributed by atoms with E-state index < -0.39 is 0 Å². The van der Waals surface area contributed by atoms with Gasteiger partial charge in [0.15, 0.2) is 0 Å². The van der Waals surface area contributed by atoms with Crippen LogP contribution in [0.5, 0.6) is 0 Å². The third kappa shape index (κ3) is 1.80. The summed E-state index contributed by atoms with van der Waals surface area (Å²) in [4.78, 5) is 3.28. The predicted octanol–water partition coefficient (Wildman–Crippen LogP) is 2.45. The van der Waals surface area contributed by atoms with Crippen molar-refractivity contribution in [2.24, 2.45) is 5.73 Å². The molecule has 74 valence electrons. The lowest BCUT2D eigenvalue weighted by Gasteiger charge is -2.02. The number of unbranched alkanes of at least 4 members (excludes halogenated alkanes) is 1. The van der Waals surface area contributed by atoms with Crippen molar-refractivity contribution < 1.29 is 0 Å². The fraction of sp³-hybridized carbons (Fsp3) is 0.333. The van der Waals surface area contributed by atoms with E-state index >= 15 is 0 Å². The number of aromatic nitrogens is 1. The van der Waals surface area contributed by atoms with Gasteiger partial charge < -0.3 is 10.7 Å². The SMILES string of the molecule is NCCCCc1cccc2cc[nH]c12. The van der Waals surface area contributed by atoms with Crippen LogP contribution in [0.4, 0.5) is 0 Å². The summed E-state index contributed by atoms with van der Waals surface area (Å²) in [6.07, 6.45) is 5.40. The quantitative estimate of drug-likeness (QED) is 0.711. The summed E-state index contributed by atoms with van der Waals surface area (Å²) >= 11 is 0. The first-order chi connectivity index (χ1) is 6.92. The average Bonchev–Trinajstić information content (AvgIpc) is 2.67. The molecule has 0 fully saturated rings. The Kier molecular flexibility index (Phi) is 2.84. The van der Waals surface area contributed by atoms with E-state index in [9.17, 15) is 0 Å². The molecule has 1 aromatic heterocycles. The van der Waals surface area contributed by atoms with Crippen LogP contribution in [-0.4, -0.2) is 11.5 Å². The van der Waals surface area contributed by atoms with Gasteiger partial charge in [-0.05, 0) is 42.8 Å². The minimum Gasteiger partial charge on any atom is -0.361 e. The maximum absolute atomic E-state index is 5.48. The fourth-order valence-electron chi connectivity index (χ4n) is 1.82. The highest BCUT2D eigenvalue weighted by atomic mass is 14.7. The largest absolute Gasteiger partial charge is 0.361 e. The molecule has 2 aromatic rings. The number of fused-ring (bicyclic) bond motifs is 1. The second kappa shape index (κ2) is 4.29. The molecule has 0 saturated carbocycles. The molecule has 0 aliphatic heterocycles. The third-order valence-corrected chi connectivity index (χ3v) is 2.57. The summed E-state index contributed by atoms with van der Waals surface area (Å²) in [5.41, 5.74) is 8.16. The number of nitrogens with one attached hydrogen (secondary N) is 1. The van der Waals surface area contributed by atoms with Gasteiger partial charge in [0.05, 0.1) is 0 Å². The third-order valence-electron chi connectivity index (χ3n) is 2.57. The molecule has 0 saturated heterocycles. The van der Waals surface area contributed by atoms with E-state index in [4.69, 9.17) is 5.73 Å². The van der Waals surface area contributed by atoms with Crippen molar-refractivity contribution in [2.75, 3.05) is 6.54 Å². The van der Waals surface area contributed by atoms with Crippen LogP contribution in [0.2, 0.25) is 0 Å². The second-order valence-electron chi connectivity index (χ2n) is 3.60. The summed E-state index contributed by atoms with van der Waals surface area (Å²) in [6, 6.07) is 8.56. The minimum absolute atomic E-state index is 0.792. The summed E-state index contributed by atoms with van der Waals surface area (Å²) < 4.78 is 0. The van der Waals surface area contributed by atoms with Gasteiger partial charge in [-0.2, -0.15) is 0 Å². The molecule has 0 radical (unpaired) electrons. The maximum atomic E-state index is 5.48. The Morgan fingerprint density at radius 3 is 2.93 bits per heavy atom. The molecule has 2 nitrogen and oxygen atoms in total. The van der Waals surface area contributed by atoms with Crippen LogP contribution < -0.4 is 5.73 Å². The Hall–Kier alpha value is -1.28. The lowest BCUT2D eigenvalue weighted by atomic mass is 10.1. The van der Waals surface area contributed by atoms with Gasteiger partial charge in [-0.1, -0.05) is 18.2 Å². The van der Waals surface area contributed by atoms with Crippen molar-refractivity contribution in [1.82, 2.24) is 4.98 Å². The van der Waals surface area contributed by atoms with Gasteiger partial charge in [0, 0.05) is 11.7 Å². The van der Waals surface area contributed by atoms with Crippen molar-refractivity contribution in [3.8, 4) is 0 Å². The van der Waals surface area contributed by atoms with Crippen LogP contribution in [0.1, 0.15) is 18.4 Å². The Morgan fingerprint density at radius 2 is 2.07 bits per heavy atom. The van der Waals surface area contributed by atoms with Gasteiger partial charge >= 0.3 is 0 Å². The average molecular weight is 188 g/mol. The number of benzene rings is 1. The molecule has 0 amide bonds. The number of hydrogen-bond acceptors (Lipinski definition) is 1. The summed E-state index contributed by atoms with van der Waals surface area (Å²) in [5, 5.41) is 1.30. The van der Waals surface area contributed by atoms with E-state index in [1.165, 1.54) is 22.9 Å². The highest BCUT2D eigenvalue weighted by molar-refractivity contribution is 5.82. The predicted molar refractivity (Wildman–Crippen MR) is 60.3 cm³/mol.